The molecule has 15 heavy (non-hydrogen) atoms. The first-order valence-electron chi connectivity index (χ1n) is 6.72. The molecule has 0 amide bonds. The molecule has 1 aliphatic carbocycles. The van der Waals surface area contributed by atoms with Crippen LogP contribution in [0, 0.1) is 23.7 Å². The minimum atomic E-state index is 0.353. The second-order valence-electron chi connectivity index (χ2n) is 5.99. The smallest absolute Gasteiger partial charge is 0.0456 e. The van der Waals surface area contributed by atoms with Crippen LogP contribution in [0.5, 0.6) is 0 Å². The predicted molar refractivity (Wildman–Crippen MR) is 65.8 cm³/mol. The number of hydrogen-bond acceptors (Lipinski definition) is 1. The minimum absolute atomic E-state index is 0.353. The van der Waals surface area contributed by atoms with E-state index >= 15 is 0 Å². The Balaban J connectivity index is 2.17. The lowest BCUT2D eigenvalue weighted by molar-refractivity contribution is 0.193. The number of hydrogen-bond donors (Lipinski definition) is 1. The summed E-state index contributed by atoms with van der Waals surface area (Å²) in [6.07, 6.45) is 8.34. The standard InChI is InChI=1S/C14H28O/c1-11-4-6-14(7-5-11)9-12(2)8-13(3)10-15/h11-15H,4-10H2,1-3H3. The van der Waals surface area contributed by atoms with E-state index < -0.39 is 0 Å². The van der Waals surface area contributed by atoms with E-state index in [0.717, 1.165) is 17.8 Å². The molecule has 1 fully saturated rings. The lowest BCUT2D eigenvalue weighted by atomic mass is 9.78. The van der Waals surface area contributed by atoms with E-state index in [0.29, 0.717) is 12.5 Å². The van der Waals surface area contributed by atoms with Gasteiger partial charge in [0.15, 0.2) is 0 Å². The van der Waals surface area contributed by atoms with Gasteiger partial charge in [-0.15, -0.1) is 0 Å². The Kier molecular flexibility index (Phi) is 5.66. The zero-order chi connectivity index (χ0) is 11.3. The second-order valence-corrected chi connectivity index (χ2v) is 5.99. The predicted octanol–water partition coefficient (Wildman–Crippen LogP) is 3.86. The Morgan fingerprint density at radius 3 is 2.20 bits per heavy atom. The SMILES string of the molecule is CC1CCC(CC(C)CC(C)CO)CC1. The summed E-state index contributed by atoms with van der Waals surface area (Å²) in [7, 11) is 0. The van der Waals surface area contributed by atoms with Crippen molar-refractivity contribution in [2.24, 2.45) is 23.7 Å². The maximum Gasteiger partial charge on any atom is 0.0456 e. The van der Waals surface area contributed by atoms with Gasteiger partial charge in [-0.05, 0) is 36.5 Å². The van der Waals surface area contributed by atoms with Gasteiger partial charge in [0.25, 0.3) is 0 Å². The molecule has 0 aromatic carbocycles. The van der Waals surface area contributed by atoms with Crippen LogP contribution in [0.1, 0.15) is 59.3 Å². The quantitative estimate of drug-likeness (QED) is 0.733. The molecule has 1 heteroatoms. The van der Waals surface area contributed by atoms with E-state index in [4.69, 9.17) is 5.11 Å². The molecule has 1 nitrogen and oxygen atoms in total. The molecule has 0 saturated heterocycles. The maximum absolute atomic E-state index is 9.02. The molecule has 2 unspecified atom stereocenters. The van der Waals surface area contributed by atoms with Crippen molar-refractivity contribution in [2.45, 2.75) is 59.3 Å². The van der Waals surface area contributed by atoms with Crippen LogP contribution >= 0.6 is 0 Å². The molecule has 1 N–H and O–H groups in total. The van der Waals surface area contributed by atoms with Crippen LogP contribution in [0.15, 0.2) is 0 Å². The van der Waals surface area contributed by atoms with Crippen molar-refractivity contribution in [1.82, 2.24) is 0 Å². The molecule has 1 saturated carbocycles. The zero-order valence-electron chi connectivity index (χ0n) is 10.7. The van der Waals surface area contributed by atoms with Gasteiger partial charge in [0, 0.05) is 6.61 Å². The van der Waals surface area contributed by atoms with E-state index in [2.05, 4.69) is 20.8 Å². The highest BCUT2D eigenvalue weighted by Gasteiger charge is 2.20. The van der Waals surface area contributed by atoms with Crippen molar-refractivity contribution in [3.63, 3.8) is 0 Å². The third kappa shape index (κ3) is 5.01. The van der Waals surface area contributed by atoms with Crippen LogP contribution in [0.25, 0.3) is 0 Å². The van der Waals surface area contributed by atoms with Crippen LogP contribution in [-0.2, 0) is 0 Å². The zero-order valence-corrected chi connectivity index (χ0v) is 10.7. The molecule has 0 aromatic rings. The molecule has 90 valence electrons. The second kappa shape index (κ2) is 6.52. The third-order valence-corrected chi connectivity index (χ3v) is 3.99. The Morgan fingerprint density at radius 1 is 1.07 bits per heavy atom. The molecule has 0 aliphatic heterocycles. The molecule has 0 heterocycles. The first kappa shape index (κ1) is 13.0. The van der Waals surface area contributed by atoms with Gasteiger partial charge in [0.1, 0.15) is 0 Å². The fourth-order valence-electron chi connectivity index (χ4n) is 2.99. The fraction of sp³-hybridized carbons (Fsp3) is 1.00. The first-order chi connectivity index (χ1) is 7.11. The van der Waals surface area contributed by atoms with Crippen molar-refractivity contribution in [3.8, 4) is 0 Å². The average Bonchev–Trinajstić information content (AvgIpc) is 2.21. The molecule has 0 bridgehead atoms. The summed E-state index contributed by atoms with van der Waals surface area (Å²) in [4.78, 5) is 0. The topological polar surface area (TPSA) is 20.2 Å². The Labute approximate surface area is 95.3 Å². The molecular weight excluding hydrogens is 184 g/mol. The fourth-order valence-corrected chi connectivity index (χ4v) is 2.99. The molecular formula is C14H28O. The average molecular weight is 212 g/mol. The van der Waals surface area contributed by atoms with Crippen LogP contribution in [-0.4, -0.2) is 11.7 Å². The summed E-state index contributed by atoms with van der Waals surface area (Å²) in [5.74, 6) is 3.23. The largest absolute Gasteiger partial charge is 0.396 e. The van der Waals surface area contributed by atoms with Gasteiger partial charge in [0.05, 0.1) is 0 Å². The Morgan fingerprint density at radius 2 is 1.67 bits per heavy atom. The van der Waals surface area contributed by atoms with Crippen LogP contribution in [0.2, 0.25) is 0 Å². The number of aliphatic hydroxyl groups is 1. The van der Waals surface area contributed by atoms with Gasteiger partial charge in [-0.2, -0.15) is 0 Å². The van der Waals surface area contributed by atoms with Gasteiger partial charge >= 0.3 is 0 Å². The molecule has 0 aromatic heterocycles. The van der Waals surface area contributed by atoms with E-state index in [9.17, 15) is 0 Å². The molecule has 0 radical (unpaired) electrons. The monoisotopic (exact) mass is 212 g/mol. The maximum atomic E-state index is 9.02. The Hall–Kier alpha value is -0.0400. The van der Waals surface area contributed by atoms with Gasteiger partial charge in [0.2, 0.25) is 0 Å². The number of aliphatic hydroxyl groups excluding tert-OH is 1. The van der Waals surface area contributed by atoms with E-state index in [1.165, 1.54) is 38.5 Å². The van der Waals surface area contributed by atoms with Crippen molar-refractivity contribution in [1.29, 1.82) is 0 Å². The van der Waals surface area contributed by atoms with Crippen molar-refractivity contribution >= 4 is 0 Å². The van der Waals surface area contributed by atoms with Crippen LogP contribution in [0.4, 0.5) is 0 Å². The van der Waals surface area contributed by atoms with Gasteiger partial charge < -0.3 is 5.11 Å². The van der Waals surface area contributed by atoms with Gasteiger partial charge in [-0.1, -0.05) is 46.5 Å². The first-order valence-corrected chi connectivity index (χ1v) is 6.72. The summed E-state index contributed by atoms with van der Waals surface area (Å²) >= 11 is 0. The van der Waals surface area contributed by atoms with E-state index in [1.54, 1.807) is 0 Å². The summed E-state index contributed by atoms with van der Waals surface area (Å²) in [5, 5.41) is 9.02. The molecule has 0 spiro atoms. The summed E-state index contributed by atoms with van der Waals surface area (Å²) < 4.78 is 0. The van der Waals surface area contributed by atoms with Crippen molar-refractivity contribution in [2.75, 3.05) is 6.61 Å². The molecule has 1 rings (SSSR count). The van der Waals surface area contributed by atoms with Gasteiger partial charge in [-0.25, -0.2) is 0 Å². The molecule has 1 aliphatic rings. The summed E-state index contributed by atoms with van der Waals surface area (Å²) in [5.41, 5.74) is 0. The summed E-state index contributed by atoms with van der Waals surface area (Å²) in [6.45, 7) is 7.24. The normalized spacial score (nSPS) is 31.2. The molecule has 2 atom stereocenters. The van der Waals surface area contributed by atoms with Crippen LogP contribution < -0.4 is 0 Å². The van der Waals surface area contributed by atoms with Crippen molar-refractivity contribution < 1.29 is 5.11 Å². The lowest BCUT2D eigenvalue weighted by Crippen LogP contribution is -2.16. The Bertz CT molecular complexity index is 159. The van der Waals surface area contributed by atoms with Crippen LogP contribution in [0.3, 0.4) is 0 Å². The number of rotatable bonds is 5. The van der Waals surface area contributed by atoms with Gasteiger partial charge in [-0.3, -0.25) is 0 Å². The highest BCUT2D eigenvalue weighted by Crippen LogP contribution is 2.33. The minimum Gasteiger partial charge on any atom is -0.396 e. The van der Waals surface area contributed by atoms with Crippen molar-refractivity contribution in [3.05, 3.63) is 0 Å². The highest BCUT2D eigenvalue weighted by atomic mass is 16.3. The third-order valence-electron chi connectivity index (χ3n) is 3.99. The summed E-state index contributed by atoms with van der Waals surface area (Å²) in [6, 6.07) is 0. The van der Waals surface area contributed by atoms with E-state index in [-0.39, 0.29) is 0 Å². The highest BCUT2D eigenvalue weighted by molar-refractivity contribution is 4.72. The van der Waals surface area contributed by atoms with E-state index in [1.807, 2.05) is 0 Å². The lowest BCUT2D eigenvalue weighted by Gasteiger charge is -2.28.